The molecule has 1 aromatic carbocycles. The van der Waals surface area contributed by atoms with Crippen molar-refractivity contribution in [3.8, 4) is 0 Å². The predicted octanol–water partition coefficient (Wildman–Crippen LogP) is -2.09. The topological polar surface area (TPSA) is 734 Å². The van der Waals surface area contributed by atoms with Gasteiger partial charge in [-0.2, -0.15) is 35.3 Å². The summed E-state index contributed by atoms with van der Waals surface area (Å²) in [6.45, 7) is 14.5. The summed E-state index contributed by atoms with van der Waals surface area (Å²) in [5.41, 5.74) is 17.5. The third-order valence-corrected chi connectivity index (χ3v) is 28.6. The van der Waals surface area contributed by atoms with Crippen LogP contribution in [0.15, 0.2) is 30.3 Å². The van der Waals surface area contributed by atoms with Crippen molar-refractivity contribution in [1.82, 2.24) is 110 Å². The molecule has 4 bridgehead atoms. The van der Waals surface area contributed by atoms with Gasteiger partial charge in [0.05, 0.1) is 32.2 Å². The molecule has 28 N–H and O–H groups in total. The largest absolute Gasteiger partial charge is 0.481 e. The second-order valence-electron chi connectivity index (χ2n) is 38.8. The number of nitrogens with one attached hydrogen (secondary N) is 20. The number of carbonyl (C=O) groups excluding carboxylic acids is 19. The molecular weight excluding hydrogens is 2000 g/mol. The smallest absolute Gasteiger partial charge is 0.303 e. The van der Waals surface area contributed by atoms with Gasteiger partial charge in [-0.05, 0) is 159 Å². The molecule has 0 saturated carbocycles. The first-order valence-corrected chi connectivity index (χ1v) is 55.5. The Labute approximate surface area is 882 Å². The van der Waals surface area contributed by atoms with Gasteiger partial charge in [-0.1, -0.05) is 90.7 Å². The minimum Gasteiger partial charge on any atom is -0.481 e. The van der Waals surface area contributed by atoms with Crippen molar-refractivity contribution in [2.45, 2.75) is 314 Å². The van der Waals surface area contributed by atoms with Gasteiger partial charge in [0.15, 0.2) is 11.9 Å². The first-order valence-electron chi connectivity index (χ1n) is 51.1. The van der Waals surface area contributed by atoms with Gasteiger partial charge in [-0.3, -0.25) is 111 Å². The molecule has 830 valence electrons. The summed E-state index contributed by atoms with van der Waals surface area (Å²) in [6, 6.07) is -9.78. The average Bonchev–Trinajstić information content (AvgIpc) is 0.850. The number of benzene rings is 1. The van der Waals surface area contributed by atoms with E-state index in [1.54, 1.807) is 83.8 Å². The Kier molecular flexibility index (Phi) is 59.2. The molecule has 4 heterocycles. The Morgan fingerprint density at radius 2 is 0.932 bits per heavy atom. The average molecular weight is 2160 g/mol. The van der Waals surface area contributed by atoms with E-state index in [1.807, 2.05) is 0 Å². The summed E-state index contributed by atoms with van der Waals surface area (Å²) in [4.78, 5) is 289. The molecule has 148 heavy (non-hydrogen) atoms. The summed E-state index contributed by atoms with van der Waals surface area (Å²) >= 11 is 4.48. The van der Waals surface area contributed by atoms with Crippen LogP contribution in [-0.4, -0.2) is 333 Å². The lowest BCUT2D eigenvalue weighted by molar-refractivity contribution is -0.158. The molecule has 0 spiro atoms. The number of primary amides is 1. The highest BCUT2D eigenvalue weighted by atomic mass is 32.2. The Balaban J connectivity index is 1.57. The minimum absolute atomic E-state index is 0.0153. The Morgan fingerprint density at radius 1 is 0.453 bits per heavy atom. The van der Waals surface area contributed by atoms with Crippen molar-refractivity contribution in [3.05, 3.63) is 35.9 Å². The summed E-state index contributed by atoms with van der Waals surface area (Å²) in [5, 5.41) is 82.2. The van der Waals surface area contributed by atoms with Crippen LogP contribution in [-0.2, 0) is 102 Å². The minimum atomic E-state index is -1.83. The van der Waals surface area contributed by atoms with E-state index in [4.69, 9.17) is 28.0 Å². The molecule has 0 radical (unpaired) electrons. The van der Waals surface area contributed by atoms with Crippen molar-refractivity contribution in [1.29, 1.82) is 10.8 Å². The molecule has 0 aliphatic carbocycles. The van der Waals surface area contributed by atoms with Crippen LogP contribution < -0.4 is 112 Å². The fourth-order valence-electron chi connectivity index (χ4n) is 16.2. The highest BCUT2D eigenvalue weighted by molar-refractivity contribution is 7.99. The molecular formula is C96H160N26O22S4. The Hall–Kier alpha value is -11.5. The number of thioether (sulfide) groups is 3. The van der Waals surface area contributed by atoms with Crippen LogP contribution in [0.5, 0.6) is 0 Å². The van der Waals surface area contributed by atoms with Crippen LogP contribution >= 0.6 is 47.2 Å². The maximum Gasteiger partial charge on any atom is 0.303 e. The molecule has 3 unspecified atom stereocenters. The van der Waals surface area contributed by atoms with Gasteiger partial charge in [-0.25, -0.2) is 0 Å². The zero-order valence-corrected chi connectivity index (χ0v) is 89.8. The van der Waals surface area contributed by atoms with Crippen LogP contribution in [0.1, 0.15) is 228 Å². The second kappa shape index (κ2) is 69.0. The van der Waals surface area contributed by atoms with E-state index in [-0.39, 0.29) is 212 Å². The molecule has 4 aliphatic heterocycles. The number of aliphatic carboxylic acids is 1. The number of nitrogens with two attached hydrogens (primary N) is 3. The number of unbranched alkanes of at least 4 members (excludes halogenated alkanes) is 4. The van der Waals surface area contributed by atoms with Crippen molar-refractivity contribution in [2.75, 3.05) is 93.0 Å². The second-order valence-corrected chi connectivity index (χ2v) is 43.2. The number of nitrogens with zero attached hydrogens (tertiary/aromatic N) is 3. The number of hydrogen-bond acceptors (Lipinski definition) is 28. The van der Waals surface area contributed by atoms with E-state index >= 15 is 9.59 Å². The molecule has 0 aromatic heterocycles. The van der Waals surface area contributed by atoms with Crippen molar-refractivity contribution in [2.24, 2.45) is 40.9 Å². The molecule has 4 saturated heterocycles. The van der Waals surface area contributed by atoms with Gasteiger partial charge in [-0.15, -0.1) is 0 Å². The maximum atomic E-state index is 15.1. The van der Waals surface area contributed by atoms with Gasteiger partial charge >= 0.3 is 5.97 Å². The van der Waals surface area contributed by atoms with Gasteiger partial charge in [0.25, 0.3) is 0 Å². The van der Waals surface area contributed by atoms with Crippen LogP contribution in [0.4, 0.5) is 0 Å². The molecule has 4 fully saturated rings. The van der Waals surface area contributed by atoms with E-state index in [0.717, 1.165) is 60.3 Å². The van der Waals surface area contributed by atoms with Gasteiger partial charge in [0.1, 0.15) is 72.5 Å². The number of fused-ring (bicyclic) bond motifs is 7. The number of carboxylic acid groups (broad SMARTS) is 1. The molecule has 5 rings (SSSR count). The van der Waals surface area contributed by atoms with Crippen molar-refractivity contribution >= 4 is 177 Å². The quantitative estimate of drug-likeness (QED) is 0.0152. The van der Waals surface area contributed by atoms with E-state index in [0.29, 0.717) is 43.7 Å². The number of hydrogen-bond donors (Lipinski definition) is 25. The third-order valence-electron chi connectivity index (χ3n) is 24.5. The van der Waals surface area contributed by atoms with Gasteiger partial charge < -0.3 is 132 Å². The number of guanidine groups is 2. The Morgan fingerprint density at radius 3 is 1.49 bits per heavy atom. The van der Waals surface area contributed by atoms with Crippen LogP contribution in [0, 0.1) is 34.5 Å². The lowest BCUT2D eigenvalue weighted by Gasteiger charge is -2.42. The number of carboxylic acids is 1. The van der Waals surface area contributed by atoms with Gasteiger partial charge in [0.2, 0.25) is 112 Å². The monoisotopic (exact) mass is 2160 g/mol. The summed E-state index contributed by atoms with van der Waals surface area (Å²) in [7, 11) is 0. The van der Waals surface area contributed by atoms with E-state index in [2.05, 4.69) is 102 Å². The number of amides is 19. The maximum absolute atomic E-state index is 15.1. The Bertz CT molecular complexity index is 4570. The first-order chi connectivity index (χ1) is 70.3. The fourth-order valence-corrected chi connectivity index (χ4v) is 19.9. The molecule has 1 aromatic rings. The fraction of sp³-hybridized carbons (Fsp3) is 0.708. The summed E-state index contributed by atoms with van der Waals surface area (Å²) in [5.74, 6) is -18.2. The number of aliphatic hydroxyl groups is 1. The summed E-state index contributed by atoms with van der Waals surface area (Å²) < 4.78 is 3.25. The first kappa shape index (κ1) is 127. The molecule has 48 nitrogen and oxygen atoms in total. The van der Waals surface area contributed by atoms with E-state index in [9.17, 15) is 96.5 Å². The summed E-state index contributed by atoms with van der Waals surface area (Å²) in [6.07, 6.45) is 1.30. The van der Waals surface area contributed by atoms with Crippen LogP contribution in [0.2, 0.25) is 0 Å². The molecule has 19 amide bonds. The highest BCUT2D eigenvalue weighted by Crippen LogP contribution is 2.24. The van der Waals surface area contributed by atoms with Crippen LogP contribution in [0.25, 0.3) is 0 Å². The number of carbonyl (C=O) groups is 20. The molecule has 52 heteroatoms. The molecule has 4 aliphatic rings. The standard InChI is InChI=1S/C96H160N26O22S4/c1-56(2)46-66-89(139)113-67(47-57(3)4)90(140)114-68(49-62-25-11-10-12-26-62)84(134)103-38-22-17-30-74(125)108-63(27-13-18-40-105-95(98)99)88(138)118-81(61(9)123)94(144)115-70(82(97)132)50-145-43-34-76(127)120-53-121-55-122(54-120)78(129)36-45-147-52-72(91(141)107-60(8)83(133)112-66)116-87(137)65(32-33-79(130)131)110-86(136)64(28-14-19-41-106-96(100)101)111-93(143)80(58(5)6)117-92(142)71(51-146-44-35-77(121)128)109-75(126)31-16-20-37-102-73(124)29-15-21-39-104-85(135)69-48-59(7)24-23-42-148-119-69/h10-12,25-26,56-61,63-72,80-81,119,123H,13-24,27-55H2,1-9H3,(H2,97,132)(H,102,124)(H,103,134)(H,104,135)(H,107,141)(H,108,125)(H,109,126)(H,110,136)(H,111,143)(H,112,133)(H,113,139)(H,114,140)(H,115,144)(H,116,137)(H,117,142)(H,118,138)(H,130,131)(H4,98,99,105)(H4,100,101,106)/t59?,60-,61?,63-,64-,65+,66-,67-,68?,69-,70-,71-,72-,80-,81-/m1/s1. The third kappa shape index (κ3) is 50.2. The zero-order chi connectivity index (χ0) is 109. The lowest BCUT2D eigenvalue weighted by Crippen LogP contribution is -2.61. The number of aliphatic hydroxyl groups excluding tert-OH is 1. The molecule has 15 atom stereocenters. The SMILES string of the molecule is CC(C)C[C@H]1NC(=O)[C@@H](C)NC(=O)[C@H]2CSCCC(=O)N3CN(CN(C3)C(=O)CCSC[C@@H](NC(=O)CCCCNC(=O)CCCCNC(=O)[C@H]3CC(C)CCCSN3)C(=O)N[C@H](C(C)C)C(=O)N[C@H](CCCCNC(=N)N)C(=O)N[C@@H](CCC(=O)O)C(=O)N2)C(=O)CCSC[C@H](C(N)=O)NC(=O)[C@@H](C(C)O)NC(=O)[C@@H](CCCCNC(=N)N)NC(=O)CCCCNC(=O)C(Cc2ccccc2)NC(=O)[C@@H](CC(C)C)NC1=O. The van der Waals surface area contributed by atoms with Crippen LogP contribution in [0.3, 0.4) is 0 Å². The van der Waals surface area contributed by atoms with Crippen molar-refractivity contribution in [3.63, 3.8) is 0 Å². The lowest BCUT2D eigenvalue weighted by atomic mass is 9.97. The van der Waals surface area contributed by atoms with E-state index < -0.39 is 223 Å². The normalized spacial score (nSPS) is 24.6. The predicted molar refractivity (Wildman–Crippen MR) is 562 cm³/mol. The van der Waals surface area contributed by atoms with Gasteiger partial charge in [0, 0.05) is 124 Å². The highest BCUT2D eigenvalue weighted by Gasteiger charge is 2.40. The zero-order valence-electron chi connectivity index (χ0n) is 86.5. The van der Waals surface area contributed by atoms with Crippen molar-refractivity contribution < 1.29 is 106 Å². The number of rotatable bonds is 34. The van der Waals surface area contributed by atoms with E-state index in [1.165, 1.54) is 28.5 Å².